The van der Waals surface area contributed by atoms with Crippen LogP contribution in [0, 0.1) is 5.92 Å². The first-order valence-electron chi connectivity index (χ1n) is 7.98. The maximum Gasteiger partial charge on any atom is 0.308 e. The van der Waals surface area contributed by atoms with Crippen molar-refractivity contribution in [2.75, 3.05) is 18.0 Å². The van der Waals surface area contributed by atoms with E-state index in [9.17, 15) is 9.90 Å². The van der Waals surface area contributed by atoms with Gasteiger partial charge < -0.3 is 14.4 Å². The van der Waals surface area contributed by atoms with Gasteiger partial charge in [-0.25, -0.2) is 9.97 Å². The Labute approximate surface area is 138 Å². The second kappa shape index (κ2) is 5.96. The molecule has 6 nitrogen and oxygen atoms in total. The number of fused-ring (bicyclic) bond motifs is 1. The third-order valence-electron chi connectivity index (χ3n) is 4.55. The number of anilines is 1. The molecule has 0 aliphatic carbocycles. The molecule has 24 heavy (non-hydrogen) atoms. The number of piperidine rings is 1. The molecule has 1 fully saturated rings. The van der Waals surface area contributed by atoms with Crippen LogP contribution in [0.4, 0.5) is 5.82 Å². The highest BCUT2D eigenvalue weighted by Crippen LogP contribution is 2.35. The molecule has 1 aliphatic heterocycles. The van der Waals surface area contributed by atoms with Crippen LogP contribution in [0.5, 0.6) is 0 Å². The molecule has 6 heteroatoms. The highest BCUT2D eigenvalue weighted by atomic mass is 16.4. The summed E-state index contributed by atoms with van der Waals surface area (Å²) in [5.41, 5.74) is 2.80. The van der Waals surface area contributed by atoms with Crippen LogP contribution in [0.2, 0.25) is 0 Å². The molecule has 0 radical (unpaired) electrons. The maximum absolute atomic E-state index is 11.4. The summed E-state index contributed by atoms with van der Waals surface area (Å²) in [7, 11) is 0. The van der Waals surface area contributed by atoms with E-state index in [1.807, 2.05) is 24.3 Å². The van der Waals surface area contributed by atoms with Crippen molar-refractivity contribution in [1.29, 1.82) is 0 Å². The van der Waals surface area contributed by atoms with Gasteiger partial charge in [0.25, 0.3) is 0 Å². The van der Waals surface area contributed by atoms with Gasteiger partial charge in [-0.2, -0.15) is 0 Å². The maximum atomic E-state index is 11.4. The largest absolute Gasteiger partial charge is 0.481 e. The van der Waals surface area contributed by atoms with E-state index in [4.69, 9.17) is 4.42 Å². The molecule has 0 spiro atoms. The number of rotatable bonds is 3. The molecule has 1 atom stereocenters. The summed E-state index contributed by atoms with van der Waals surface area (Å²) in [6.45, 7) is 1.27. The number of carboxylic acid groups (broad SMARTS) is 1. The molecule has 0 bridgehead atoms. The summed E-state index contributed by atoms with van der Waals surface area (Å²) in [5, 5.41) is 10.3. The molecule has 1 saturated heterocycles. The first kappa shape index (κ1) is 14.7. The van der Waals surface area contributed by atoms with E-state index in [-0.39, 0.29) is 5.92 Å². The van der Waals surface area contributed by atoms with Crippen molar-refractivity contribution in [3.8, 4) is 11.1 Å². The lowest BCUT2D eigenvalue weighted by Gasteiger charge is -2.32. The summed E-state index contributed by atoms with van der Waals surface area (Å²) in [4.78, 5) is 22.3. The minimum absolute atomic E-state index is 0.357. The molecule has 1 N–H and O–H groups in total. The minimum atomic E-state index is -0.742. The first-order valence-corrected chi connectivity index (χ1v) is 7.98. The molecule has 2 aromatic heterocycles. The molecular weight excluding hydrogens is 306 g/mol. The SMILES string of the molecule is O=C(O)C1CCCN(c2ncnc3cccc(-c4ccoc4)c23)C1. The van der Waals surface area contributed by atoms with Gasteiger partial charge in [0.2, 0.25) is 0 Å². The number of aromatic nitrogens is 2. The smallest absolute Gasteiger partial charge is 0.308 e. The van der Waals surface area contributed by atoms with Crippen molar-refractivity contribution < 1.29 is 14.3 Å². The van der Waals surface area contributed by atoms with E-state index < -0.39 is 5.97 Å². The lowest BCUT2D eigenvalue weighted by molar-refractivity contribution is -0.141. The van der Waals surface area contributed by atoms with Crippen LogP contribution in [0.15, 0.2) is 47.5 Å². The van der Waals surface area contributed by atoms with E-state index in [1.165, 1.54) is 0 Å². The Balaban J connectivity index is 1.85. The number of aliphatic carboxylic acids is 1. The number of carbonyl (C=O) groups is 1. The van der Waals surface area contributed by atoms with E-state index in [0.29, 0.717) is 13.0 Å². The molecule has 122 valence electrons. The van der Waals surface area contributed by atoms with Crippen molar-refractivity contribution in [2.45, 2.75) is 12.8 Å². The van der Waals surface area contributed by atoms with Crippen molar-refractivity contribution in [2.24, 2.45) is 5.92 Å². The van der Waals surface area contributed by atoms with Crippen LogP contribution in [0.3, 0.4) is 0 Å². The van der Waals surface area contributed by atoms with Crippen molar-refractivity contribution in [3.05, 3.63) is 43.1 Å². The third-order valence-corrected chi connectivity index (χ3v) is 4.55. The van der Waals surface area contributed by atoms with Gasteiger partial charge >= 0.3 is 5.97 Å². The molecule has 0 amide bonds. The molecule has 4 rings (SSSR count). The Morgan fingerprint density at radius 1 is 1.29 bits per heavy atom. The van der Waals surface area contributed by atoms with Crippen LogP contribution >= 0.6 is 0 Å². The van der Waals surface area contributed by atoms with Gasteiger partial charge in [0.15, 0.2) is 0 Å². The lowest BCUT2D eigenvalue weighted by atomic mass is 9.97. The third kappa shape index (κ3) is 2.50. The fourth-order valence-corrected chi connectivity index (χ4v) is 3.36. The monoisotopic (exact) mass is 323 g/mol. The molecule has 3 heterocycles. The quantitative estimate of drug-likeness (QED) is 0.797. The fourth-order valence-electron chi connectivity index (χ4n) is 3.36. The number of hydrogen-bond acceptors (Lipinski definition) is 5. The van der Waals surface area contributed by atoms with Gasteiger partial charge in [0.1, 0.15) is 12.1 Å². The van der Waals surface area contributed by atoms with Crippen LogP contribution in [0.1, 0.15) is 12.8 Å². The zero-order valence-electron chi connectivity index (χ0n) is 13.1. The van der Waals surface area contributed by atoms with Crippen LogP contribution < -0.4 is 4.90 Å². The van der Waals surface area contributed by atoms with E-state index in [1.54, 1.807) is 18.9 Å². The predicted molar refractivity (Wildman–Crippen MR) is 89.8 cm³/mol. The van der Waals surface area contributed by atoms with E-state index in [0.717, 1.165) is 40.8 Å². The highest BCUT2D eigenvalue weighted by molar-refractivity contribution is 6.01. The number of nitrogens with zero attached hydrogens (tertiary/aromatic N) is 3. The summed E-state index contributed by atoms with van der Waals surface area (Å²) >= 11 is 0. The average molecular weight is 323 g/mol. The molecule has 3 aromatic rings. The molecule has 1 unspecified atom stereocenters. The summed E-state index contributed by atoms with van der Waals surface area (Å²) in [6.07, 6.45) is 6.43. The fraction of sp³-hybridized carbons (Fsp3) is 0.278. The van der Waals surface area contributed by atoms with Crippen molar-refractivity contribution >= 4 is 22.7 Å². The van der Waals surface area contributed by atoms with Crippen molar-refractivity contribution in [1.82, 2.24) is 9.97 Å². The van der Waals surface area contributed by atoms with Gasteiger partial charge in [0.05, 0.1) is 29.3 Å². The second-order valence-electron chi connectivity index (χ2n) is 6.03. The van der Waals surface area contributed by atoms with Crippen LogP contribution in [-0.2, 0) is 4.79 Å². The normalized spacial score (nSPS) is 18.0. The Morgan fingerprint density at radius 3 is 3.00 bits per heavy atom. The number of carboxylic acids is 1. The van der Waals surface area contributed by atoms with Crippen molar-refractivity contribution in [3.63, 3.8) is 0 Å². The predicted octanol–water partition coefficient (Wildman–Crippen LogP) is 3.19. The zero-order valence-corrected chi connectivity index (χ0v) is 13.1. The van der Waals surface area contributed by atoms with Gasteiger partial charge in [-0.3, -0.25) is 4.79 Å². The number of furan rings is 1. The Morgan fingerprint density at radius 2 is 2.21 bits per heavy atom. The minimum Gasteiger partial charge on any atom is -0.481 e. The van der Waals surface area contributed by atoms with Gasteiger partial charge in [0, 0.05) is 18.7 Å². The molecule has 1 aliphatic rings. The van der Waals surface area contributed by atoms with E-state index in [2.05, 4.69) is 14.9 Å². The first-order chi connectivity index (χ1) is 11.7. The second-order valence-corrected chi connectivity index (χ2v) is 6.03. The average Bonchev–Trinajstić information content (AvgIpc) is 3.15. The standard InChI is InChI=1S/C18H17N3O3/c22-18(23)12-3-2-7-21(9-12)17-16-14(13-6-8-24-10-13)4-1-5-15(16)19-11-20-17/h1,4-6,8,10-12H,2-3,7,9H2,(H,22,23). The topological polar surface area (TPSA) is 79.5 Å². The Bertz CT molecular complexity index is 871. The van der Waals surface area contributed by atoms with E-state index >= 15 is 0 Å². The molecule has 1 aromatic carbocycles. The zero-order chi connectivity index (χ0) is 16.5. The van der Waals surface area contributed by atoms with Gasteiger partial charge in [-0.1, -0.05) is 12.1 Å². The number of benzene rings is 1. The lowest BCUT2D eigenvalue weighted by Crippen LogP contribution is -2.39. The van der Waals surface area contributed by atoms with Crippen LogP contribution in [0.25, 0.3) is 22.0 Å². The summed E-state index contributed by atoms with van der Waals surface area (Å²) < 4.78 is 5.22. The Kier molecular flexibility index (Phi) is 3.65. The molecule has 0 saturated carbocycles. The highest BCUT2D eigenvalue weighted by Gasteiger charge is 2.27. The van der Waals surface area contributed by atoms with Gasteiger partial charge in [-0.05, 0) is 30.5 Å². The number of hydrogen-bond donors (Lipinski definition) is 1. The van der Waals surface area contributed by atoms with Crippen LogP contribution in [-0.4, -0.2) is 34.1 Å². The Hall–Kier alpha value is -2.89. The summed E-state index contributed by atoms with van der Waals surface area (Å²) in [5.74, 6) is -0.305. The molecular formula is C18H17N3O3. The van der Waals surface area contributed by atoms with Gasteiger partial charge in [-0.15, -0.1) is 0 Å². The summed E-state index contributed by atoms with van der Waals surface area (Å²) in [6, 6.07) is 7.82.